The summed E-state index contributed by atoms with van der Waals surface area (Å²) in [4.78, 5) is 14.9. The molecular formula is C129H209N17O3. The second kappa shape index (κ2) is 67.6. The van der Waals surface area contributed by atoms with E-state index < -0.39 is 0 Å². The molecule has 0 spiro atoms. The van der Waals surface area contributed by atoms with Gasteiger partial charge in [0.2, 0.25) is 0 Å². The molecule has 0 saturated carbocycles. The fourth-order valence-corrected chi connectivity index (χ4v) is 17.6. The first-order chi connectivity index (χ1) is 70.5. The van der Waals surface area contributed by atoms with Crippen molar-refractivity contribution in [3.05, 3.63) is 288 Å². The largest absolute Gasteiger partial charge is 0.468 e. The Balaban J connectivity index is 0.000000289. The van der Waals surface area contributed by atoms with Crippen LogP contribution in [-0.4, -0.2) is 145 Å². The van der Waals surface area contributed by atoms with E-state index in [-0.39, 0.29) is 30.3 Å². The average molecular weight is 2050 g/mol. The maximum absolute atomic E-state index is 8.10. The van der Waals surface area contributed by atoms with E-state index in [1.165, 1.54) is 108 Å². The second-order valence-electron chi connectivity index (χ2n) is 46.3. The highest BCUT2D eigenvalue weighted by molar-refractivity contribution is 6.03. The highest BCUT2D eigenvalue weighted by Gasteiger charge is 2.39. The Morgan fingerprint density at radius 3 is 1.31 bits per heavy atom. The van der Waals surface area contributed by atoms with Crippen molar-refractivity contribution in [1.82, 2.24) is 61.4 Å². The molecule has 8 aromatic rings. The molecule has 0 radical (unpaired) electrons. The predicted molar refractivity (Wildman–Crippen MR) is 639 cm³/mol. The lowest BCUT2D eigenvalue weighted by Crippen LogP contribution is -2.36. The monoisotopic (exact) mass is 2040 g/mol. The zero-order valence-corrected chi connectivity index (χ0v) is 99.6. The van der Waals surface area contributed by atoms with Gasteiger partial charge in [0.15, 0.2) is 36.0 Å². The van der Waals surface area contributed by atoms with E-state index in [1.807, 2.05) is 93.2 Å². The van der Waals surface area contributed by atoms with E-state index in [0.717, 1.165) is 74.1 Å². The molecule has 7 aliphatic rings. The Labute approximate surface area is 908 Å². The summed E-state index contributed by atoms with van der Waals surface area (Å²) in [5.74, 6) is 9.94. The number of aryl methyl sites for hydroxylation is 3. The minimum Gasteiger partial charge on any atom is -0.468 e. The first kappa shape index (κ1) is 130. The van der Waals surface area contributed by atoms with Crippen LogP contribution in [0.3, 0.4) is 0 Å². The van der Waals surface area contributed by atoms with Crippen molar-refractivity contribution < 1.29 is 14.2 Å². The van der Waals surface area contributed by atoms with Gasteiger partial charge in [0.25, 0.3) is 0 Å². The molecule has 2 aliphatic carbocycles. The molecule has 5 aliphatic heterocycles. The first-order valence-electron chi connectivity index (χ1n) is 57.0. The Morgan fingerprint density at radius 2 is 0.852 bits per heavy atom. The number of rotatable bonds is 32. The number of hydrogen-bond donors (Lipinski definition) is 10. The number of fused-ring (bicyclic) bond motifs is 3. The SMILES string of the molecule is C=C1OC(C(C)C)C(=N)N1C(C)C.C=C1OC(C(C)C)C(=N)N1CCC.C=C1OC(C(C)C)C(=N)N1c1ccccc1.CC(C)C(C)N1CCCC1.CC(C)C(C)N1Cc2ccccc2C1.CC(C)C(C)NC1CCCc2ccncc21.CC(C)C(C)NC1CCc2ccccc21.CC(C)C(C)NCc1ccccc1.CC(C)C(C)Nc1ccccc1.CC(NC(C)C(C)C)c1ccccc1.Cc1cc(CNC(C)C(C)C)n[nH]1. The number of aromatic nitrogens is 3. The maximum Gasteiger partial charge on any atom is 0.192 e. The Kier molecular flexibility index (Phi) is 58.8. The van der Waals surface area contributed by atoms with Gasteiger partial charge in [0.05, 0.1) is 11.4 Å². The van der Waals surface area contributed by atoms with Crippen molar-refractivity contribution >= 4 is 28.9 Å². The number of hydrogen-bond acceptors (Lipinski definition) is 16. The zero-order chi connectivity index (χ0) is 111. The topological polar surface area (TPSA) is 229 Å². The fourth-order valence-electron chi connectivity index (χ4n) is 17.6. The molecule has 14 unspecified atom stereocenters. The van der Waals surface area contributed by atoms with Crippen LogP contribution in [0, 0.1) is 88.2 Å². The molecular weight excluding hydrogens is 1840 g/mol. The van der Waals surface area contributed by atoms with Crippen molar-refractivity contribution in [2.45, 2.75) is 411 Å². The summed E-state index contributed by atoms with van der Waals surface area (Å²) in [7, 11) is 0. The van der Waals surface area contributed by atoms with Crippen LogP contribution in [-0.2, 0) is 53.2 Å². The molecule has 15 rings (SSSR count). The van der Waals surface area contributed by atoms with E-state index >= 15 is 0 Å². The van der Waals surface area contributed by atoms with Crippen LogP contribution in [0.1, 0.15) is 348 Å². The zero-order valence-electron chi connectivity index (χ0n) is 99.6. The van der Waals surface area contributed by atoms with Crippen molar-refractivity contribution in [3.8, 4) is 0 Å². The van der Waals surface area contributed by atoms with Gasteiger partial charge in [0.1, 0.15) is 17.5 Å². The normalized spacial score (nSPS) is 18.9. The van der Waals surface area contributed by atoms with Crippen LogP contribution in [0.25, 0.3) is 0 Å². The maximum atomic E-state index is 8.10. The van der Waals surface area contributed by atoms with Gasteiger partial charge in [-0.05, 0) is 313 Å². The summed E-state index contributed by atoms with van der Waals surface area (Å²) >= 11 is 0. The summed E-state index contributed by atoms with van der Waals surface area (Å²) in [5, 5.41) is 52.4. The van der Waals surface area contributed by atoms with Crippen LogP contribution >= 0.6 is 0 Å². The summed E-state index contributed by atoms with van der Waals surface area (Å²) < 4.78 is 16.6. The number of anilines is 2. The molecule has 2 aromatic heterocycles. The third-order valence-electron chi connectivity index (χ3n) is 30.2. The first-order valence-corrected chi connectivity index (χ1v) is 57.0. The molecule has 4 saturated heterocycles. The number of ether oxygens (including phenoxy) is 3. The second-order valence-corrected chi connectivity index (χ2v) is 46.3. The van der Waals surface area contributed by atoms with Crippen LogP contribution in [0.15, 0.2) is 232 Å². The summed E-state index contributed by atoms with van der Waals surface area (Å²) in [6, 6.07) is 69.7. The van der Waals surface area contributed by atoms with Gasteiger partial charge < -0.3 is 51.0 Å². The highest BCUT2D eigenvalue weighted by atomic mass is 16.5. The average Bonchev–Trinajstić information content (AvgIpc) is 1.61. The van der Waals surface area contributed by atoms with Gasteiger partial charge in [-0.2, -0.15) is 5.10 Å². The third kappa shape index (κ3) is 44.8. The number of aromatic amines is 1. The van der Waals surface area contributed by atoms with Gasteiger partial charge >= 0.3 is 0 Å². The van der Waals surface area contributed by atoms with Crippen molar-refractivity contribution in [1.29, 1.82) is 16.2 Å². The van der Waals surface area contributed by atoms with Crippen molar-refractivity contribution in [2.24, 2.45) is 65.1 Å². The highest BCUT2D eigenvalue weighted by Crippen LogP contribution is 2.36. The minimum atomic E-state index is -0.187. The molecule has 10 N–H and O–H groups in total. The number of likely N-dealkylation sites (tertiary alicyclic amines) is 1. The number of nitrogens with one attached hydrogen (secondary N) is 10. The molecule has 20 heteroatoms. The van der Waals surface area contributed by atoms with E-state index in [2.05, 4.69) is 430 Å². The molecule has 0 amide bonds. The lowest BCUT2D eigenvalue weighted by molar-refractivity contribution is 0.131. The summed E-state index contributed by atoms with van der Waals surface area (Å²) in [6.45, 7) is 96.0. The lowest BCUT2D eigenvalue weighted by atomic mass is 9.88. The number of nitrogens with zero attached hydrogens (tertiary/aromatic N) is 7. The van der Waals surface area contributed by atoms with Gasteiger partial charge in [-0.15, -0.1) is 0 Å². The smallest absolute Gasteiger partial charge is 0.192 e. The number of pyridine rings is 1. The summed E-state index contributed by atoms with van der Waals surface area (Å²) in [6.07, 6.45) is 13.6. The standard InChI is InChI=1S/C14H22N2.C14H21N.C13H16N2O.C13H19N.C13H21N.C12H19N.C11H17N.C10H19N3.2C10H18N2O.C9H19N/c1-10(2)11(3)16-14-6-4-5-12-7-8-15-9-13(12)14;1-10(2)11(3)15-14-9-8-12-6-4-5-7-13(12)14;1-9(2)12-13(14)15(10(3)16-12)11-7-5-4-6-8-11;1-10(2)11(3)14-8-12-6-4-5-7-13(12)9-14;1-10(2)11(3)14-12(4)13-8-6-5-7-9-13;1-10(2)11(3)13-9-12-7-5-4-6-8-12;1-9(2)10(3)12-11-7-5-4-6-8-11;1-7(2)9(4)11-6-10-5-8(3)12-13-10;1-6(2)9-10(11)12(7(3)4)8(5)13-9;1-5-6-12-8(4)13-9(7(2)3)10(12)11;1-8(2)9(3)10-6-4-5-7-10/h7-11,14,16H,4-6H2,1-3H3;4-7,10-11,14-15H,8-9H2,1-3H3;4-9,12,14H,3H2,1-2H3;4-7,10-11H,8-9H2,1-3H3;5-12,14H,1-4H3;4-8,10-11,13H,9H2,1-3H3;4-10,12H,1-3H3;5,7,9,11H,6H2,1-4H3,(H,12,13);6-7,9,11H,5H2,1-4H3;7,9,11H,4-6H2,1-3H3;8-9H,4-7H2,1-3H3. The predicted octanol–water partition coefficient (Wildman–Crippen LogP) is 30.2. The molecule has 0 bridgehead atoms. The number of H-pyrrole nitrogens is 1. The number of para-hydroxylation sites is 2. The van der Waals surface area contributed by atoms with E-state index in [1.54, 1.807) is 4.90 Å². The fraction of sp³-hybridized carbons (Fsp3) is 0.589. The van der Waals surface area contributed by atoms with E-state index in [4.69, 9.17) is 30.4 Å². The molecule has 20 nitrogen and oxygen atoms in total. The lowest BCUT2D eigenvalue weighted by Gasteiger charge is -2.30. The Bertz CT molecular complexity index is 5020. The molecule has 149 heavy (non-hydrogen) atoms. The quantitative estimate of drug-likeness (QED) is 0.0189. The van der Waals surface area contributed by atoms with Crippen LogP contribution in [0.5, 0.6) is 0 Å². The van der Waals surface area contributed by atoms with Crippen molar-refractivity contribution in [3.63, 3.8) is 0 Å². The van der Waals surface area contributed by atoms with Crippen LogP contribution < -0.4 is 36.8 Å². The van der Waals surface area contributed by atoms with E-state index in [9.17, 15) is 0 Å². The number of benzene rings is 6. The Hall–Kier alpha value is -9.77. The van der Waals surface area contributed by atoms with Gasteiger partial charge in [0, 0.05) is 129 Å². The number of amidine groups is 3. The Morgan fingerprint density at radius 1 is 0.416 bits per heavy atom. The molecule has 4 fully saturated rings. The third-order valence-corrected chi connectivity index (χ3v) is 30.2. The van der Waals surface area contributed by atoms with E-state index in [0.29, 0.717) is 143 Å². The molecule has 14 atom stereocenters. The minimum absolute atomic E-state index is 0.0981. The van der Waals surface area contributed by atoms with Crippen LogP contribution in [0.4, 0.5) is 11.4 Å². The summed E-state index contributed by atoms with van der Waals surface area (Å²) in [5.41, 5.74) is 16.0. The van der Waals surface area contributed by atoms with Gasteiger partial charge in [-0.1, -0.05) is 305 Å². The van der Waals surface area contributed by atoms with Gasteiger partial charge in [-0.25, -0.2) is 0 Å². The molecule has 828 valence electrons. The molecule has 7 heterocycles. The van der Waals surface area contributed by atoms with Crippen LogP contribution in [0.2, 0.25) is 0 Å². The molecule has 6 aromatic carbocycles. The van der Waals surface area contributed by atoms with Gasteiger partial charge in [-0.3, -0.25) is 45.9 Å². The van der Waals surface area contributed by atoms with Crippen molar-refractivity contribution in [2.75, 3.05) is 29.9 Å².